The van der Waals surface area contributed by atoms with E-state index in [1.165, 1.54) is 25.1 Å². The summed E-state index contributed by atoms with van der Waals surface area (Å²) in [5, 5.41) is 3.27. The Balaban J connectivity index is 2.04. The van der Waals surface area contributed by atoms with Gasteiger partial charge in [0.2, 0.25) is 15.9 Å². The van der Waals surface area contributed by atoms with Crippen LogP contribution in [0.1, 0.15) is 32.3 Å². The van der Waals surface area contributed by atoms with Crippen LogP contribution in [0, 0.1) is 0 Å². The van der Waals surface area contributed by atoms with Gasteiger partial charge in [0.1, 0.15) is 18.4 Å². The molecule has 1 amide bonds. The molecule has 0 spiro atoms. The number of benzene rings is 2. The number of anilines is 1. The largest absolute Gasteiger partial charge is 0.491 e. The van der Waals surface area contributed by atoms with Crippen molar-refractivity contribution in [3.63, 3.8) is 0 Å². The van der Waals surface area contributed by atoms with E-state index in [0.29, 0.717) is 5.92 Å². The van der Waals surface area contributed by atoms with E-state index in [1.807, 2.05) is 24.3 Å². The minimum atomic E-state index is -3.76. The average Bonchev–Trinajstić information content (AvgIpc) is 2.63. The van der Waals surface area contributed by atoms with E-state index in [0.717, 1.165) is 21.9 Å². The predicted molar refractivity (Wildman–Crippen MR) is 122 cm³/mol. The Kier molecular flexibility index (Phi) is 8.41. The third-order valence-electron chi connectivity index (χ3n) is 4.39. The summed E-state index contributed by atoms with van der Waals surface area (Å²) in [4.78, 5) is 12.6. The Hall–Kier alpha value is -1.96. The lowest BCUT2D eigenvalue weighted by Crippen LogP contribution is -2.48. The Morgan fingerprint density at radius 3 is 2.27 bits per heavy atom. The van der Waals surface area contributed by atoms with Crippen molar-refractivity contribution < 1.29 is 17.9 Å². The number of rotatable bonds is 9. The molecule has 1 unspecified atom stereocenters. The lowest BCUT2D eigenvalue weighted by atomic mass is 10.0. The fourth-order valence-corrected chi connectivity index (χ4v) is 4.72. The SMILES string of the molecule is CC(C)c1ccccc1OCCNC(=O)C(C)N(c1cc(Cl)cc(Cl)c1)S(C)(=O)=O. The summed E-state index contributed by atoms with van der Waals surface area (Å²) in [5.41, 5.74) is 1.30. The molecule has 0 aliphatic rings. The topological polar surface area (TPSA) is 75.7 Å². The van der Waals surface area contributed by atoms with Gasteiger partial charge < -0.3 is 10.1 Å². The van der Waals surface area contributed by atoms with Crippen LogP contribution in [0.4, 0.5) is 5.69 Å². The second-order valence-electron chi connectivity index (χ2n) is 7.19. The molecule has 0 bridgehead atoms. The molecule has 0 aliphatic carbocycles. The zero-order valence-electron chi connectivity index (χ0n) is 17.4. The fourth-order valence-electron chi connectivity index (χ4n) is 3.05. The number of para-hydroxylation sites is 1. The summed E-state index contributed by atoms with van der Waals surface area (Å²) in [6, 6.07) is 11.1. The number of nitrogens with zero attached hydrogens (tertiary/aromatic N) is 1. The molecule has 2 aromatic rings. The van der Waals surface area contributed by atoms with Crippen LogP contribution in [0.5, 0.6) is 5.75 Å². The summed E-state index contributed by atoms with van der Waals surface area (Å²) >= 11 is 12.0. The van der Waals surface area contributed by atoms with Crippen molar-refractivity contribution in [3.8, 4) is 5.75 Å². The van der Waals surface area contributed by atoms with Gasteiger partial charge in [-0.2, -0.15) is 0 Å². The molecule has 0 fully saturated rings. The fraction of sp³-hybridized carbons (Fsp3) is 0.381. The van der Waals surface area contributed by atoms with E-state index >= 15 is 0 Å². The van der Waals surface area contributed by atoms with Crippen LogP contribution in [0.2, 0.25) is 10.0 Å². The van der Waals surface area contributed by atoms with Gasteiger partial charge >= 0.3 is 0 Å². The Bertz CT molecular complexity index is 976. The molecule has 1 atom stereocenters. The molecule has 164 valence electrons. The minimum absolute atomic E-state index is 0.222. The molecule has 0 aromatic heterocycles. The first-order valence-electron chi connectivity index (χ1n) is 9.45. The molecule has 6 nitrogen and oxygen atoms in total. The van der Waals surface area contributed by atoms with Crippen LogP contribution in [0.3, 0.4) is 0 Å². The van der Waals surface area contributed by atoms with E-state index < -0.39 is 22.0 Å². The van der Waals surface area contributed by atoms with Crippen molar-refractivity contribution >= 4 is 44.8 Å². The zero-order chi connectivity index (χ0) is 22.5. The molecule has 0 saturated carbocycles. The Morgan fingerprint density at radius 1 is 1.10 bits per heavy atom. The van der Waals surface area contributed by atoms with Gasteiger partial charge in [0.25, 0.3) is 0 Å². The van der Waals surface area contributed by atoms with Crippen LogP contribution in [-0.4, -0.2) is 39.8 Å². The van der Waals surface area contributed by atoms with E-state index in [1.54, 1.807) is 0 Å². The minimum Gasteiger partial charge on any atom is -0.491 e. The number of halogens is 2. The van der Waals surface area contributed by atoms with Crippen LogP contribution < -0.4 is 14.4 Å². The van der Waals surface area contributed by atoms with Crippen molar-refractivity contribution in [1.29, 1.82) is 0 Å². The first kappa shape index (κ1) is 24.3. The number of hydrogen-bond donors (Lipinski definition) is 1. The number of carbonyl (C=O) groups excluding carboxylic acids is 1. The normalized spacial score (nSPS) is 12.5. The van der Waals surface area contributed by atoms with Crippen molar-refractivity contribution in [3.05, 3.63) is 58.1 Å². The molecule has 2 rings (SSSR count). The highest BCUT2D eigenvalue weighted by Gasteiger charge is 2.29. The first-order chi connectivity index (χ1) is 14.0. The first-order valence-corrected chi connectivity index (χ1v) is 12.1. The maximum Gasteiger partial charge on any atom is 0.243 e. The lowest BCUT2D eigenvalue weighted by Gasteiger charge is -2.28. The molecular formula is C21H26Cl2N2O4S. The van der Waals surface area contributed by atoms with Gasteiger partial charge in [-0.05, 0) is 42.7 Å². The smallest absolute Gasteiger partial charge is 0.243 e. The van der Waals surface area contributed by atoms with Gasteiger partial charge in [-0.1, -0.05) is 55.2 Å². The molecular weight excluding hydrogens is 447 g/mol. The molecule has 0 aliphatic heterocycles. The number of amides is 1. The average molecular weight is 473 g/mol. The summed E-state index contributed by atoms with van der Waals surface area (Å²) < 4.78 is 31.5. The van der Waals surface area contributed by atoms with E-state index in [-0.39, 0.29) is 28.9 Å². The Labute approximate surface area is 188 Å². The van der Waals surface area contributed by atoms with Gasteiger partial charge in [-0.15, -0.1) is 0 Å². The number of sulfonamides is 1. The maximum atomic E-state index is 12.6. The molecule has 30 heavy (non-hydrogen) atoms. The maximum absolute atomic E-state index is 12.6. The second kappa shape index (κ2) is 10.4. The number of carbonyl (C=O) groups is 1. The molecule has 0 saturated heterocycles. The molecule has 0 heterocycles. The van der Waals surface area contributed by atoms with Crippen LogP contribution >= 0.6 is 23.2 Å². The van der Waals surface area contributed by atoms with Gasteiger partial charge in [0.15, 0.2) is 0 Å². The highest BCUT2D eigenvalue weighted by molar-refractivity contribution is 7.92. The van der Waals surface area contributed by atoms with E-state index in [2.05, 4.69) is 19.2 Å². The third kappa shape index (κ3) is 6.52. The summed E-state index contributed by atoms with van der Waals surface area (Å²) in [6.07, 6.45) is 1.03. The van der Waals surface area contributed by atoms with Crippen LogP contribution in [0.25, 0.3) is 0 Å². The molecule has 9 heteroatoms. The highest BCUT2D eigenvalue weighted by atomic mass is 35.5. The zero-order valence-corrected chi connectivity index (χ0v) is 19.7. The lowest BCUT2D eigenvalue weighted by molar-refractivity contribution is -0.121. The van der Waals surface area contributed by atoms with E-state index in [4.69, 9.17) is 27.9 Å². The standard InChI is InChI=1S/C21H26Cl2N2O4S/c1-14(2)19-7-5-6-8-20(19)29-10-9-24-21(26)15(3)25(30(4,27)28)18-12-16(22)11-17(23)13-18/h5-8,11-15H,9-10H2,1-4H3,(H,24,26). The van der Waals surface area contributed by atoms with Crippen molar-refractivity contribution in [2.75, 3.05) is 23.7 Å². The van der Waals surface area contributed by atoms with Crippen molar-refractivity contribution in [2.24, 2.45) is 0 Å². The van der Waals surface area contributed by atoms with Crippen molar-refractivity contribution in [2.45, 2.75) is 32.7 Å². The summed E-state index contributed by atoms with van der Waals surface area (Å²) in [6.45, 7) is 6.13. The van der Waals surface area contributed by atoms with E-state index in [9.17, 15) is 13.2 Å². The second-order valence-corrected chi connectivity index (χ2v) is 9.93. The number of nitrogens with one attached hydrogen (secondary N) is 1. The van der Waals surface area contributed by atoms with Gasteiger partial charge in [0, 0.05) is 10.0 Å². The molecule has 0 radical (unpaired) electrons. The monoisotopic (exact) mass is 472 g/mol. The third-order valence-corrected chi connectivity index (χ3v) is 6.07. The van der Waals surface area contributed by atoms with Crippen molar-refractivity contribution in [1.82, 2.24) is 5.32 Å². The van der Waals surface area contributed by atoms with Crippen LogP contribution in [0.15, 0.2) is 42.5 Å². The van der Waals surface area contributed by atoms with Gasteiger partial charge in [-0.25, -0.2) is 8.42 Å². The molecule has 1 N–H and O–H groups in total. The highest BCUT2D eigenvalue weighted by Crippen LogP contribution is 2.29. The number of ether oxygens (including phenoxy) is 1. The van der Waals surface area contributed by atoms with Gasteiger partial charge in [-0.3, -0.25) is 9.10 Å². The van der Waals surface area contributed by atoms with Crippen LogP contribution in [-0.2, 0) is 14.8 Å². The summed E-state index contributed by atoms with van der Waals surface area (Å²) in [7, 11) is -3.76. The van der Waals surface area contributed by atoms with Gasteiger partial charge in [0.05, 0.1) is 18.5 Å². The summed E-state index contributed by atoms with van der Waals surface area (Å²) in [5.74, 6) is 0.613. The Morgan fingerprint density at radius 2 is 1.70 bits per heavy atom. The quantitative estimate of drug-likeness (QED) is 0.546. The molecule has 2 aromatic carbocycles. The predicted octanol–water partition coefficient (Wildman–Crippen LogP) is 4.47. The number of hydrogen-bond acceptors (Lipinski definition) is 4.